The monoisotopic (exact) mass is 419 g/mol. The average molecular weight is 420 g/mol. The highest BCUT2D eigenvalue weighted by molar-refractivity contribution is 5.85. The van der Waals surface area contributed by atoms with E-state index in [0.717, 1.165) is 68.5 Å². The molecular weight excluding hydrogens is 390 g/mol. The topological polar surface area (TPSA) is 72.3 Å². The van der Waals surface area contributed by atoms with Crippen molar-refractivity contribution < 1.29 is 9.53 Å². The molecule has 2 aliphatic rings. The van der Waals surface area contributed by atoms with E-state index >= 15 is 0 Å². The van der Waals surface area contributed by atoms with Gasteiger partial charge in [-0.25, -0.2) is 0 Å². The molecule has 1 amide bonds. The maximum absolute atomic E-state index is 12.8. The molecular formula is C21H30ClN5O2. The lowest BCUT2D eigenvalue weighted by atomic mass is 9.93. The smallest absolute Gasteiger partial charge is 0.223 e. The Balaban J connectivity index is 0.00000240. The summed E-state index contributed by atoms with van der Waals surface area (Å²) in [4.78, 5) is 14.8. The summed E-state index contributed by atoms with van der Waals surface area (Å²) < 4.78 is 7.57. The number of benzene rings is 1. The van der Waals surface area contributed by atoms with E-state index in [1.807, 2.05) is 23.1 Å². The van der Waals surface area contributed by atoms with Crippen LogP contribution in [0.2, 0.25) is 0 Å². The van der Waals surface area contributed by atoms with Gasteiger partial charge in [0.1, 0.15) is 17.4 Å². The first-order valence-electron chi connectivity index (χ1n) is 10.2. The largest absolute Gasteiger partial charge is 0.497 e. The standard InChI is InChI=1S/C21H29N5O2.ClH/c1-15(17-4-3-5-18(13-17)28-2)12-20(27)25-9-6-16(7-10-25)21-24-23-19-14-22-8-11-26(19)21;/h3-5,13,15-16,22H,6-12,14H2,1-2H3;1H. The number of methoxy groups -OCH3 is 1. The van der Waals surface area contributed by atoms with Gasteiger partial charge in [0.2, 0.25) is 5.91 Å². The van der Waals surface area contributed by atoms with E-state index in [1.54, 1.807) is 7.11 Å². The van der Waals surface area contributed by atoms with Gasteiger partial charge in [-0.3, -0.25) is 4.79 Å². The van der Waals surface area contributed by atoms with Gasteiger partial charge in [0.15, 0.2) is 0 Å². The predicted molar refractivity (Wildman–Crippen MR) is 114 cm³/mol. The highest BCUT2D eigenvalue weighted by Crippen LogP contribution is 2.29. The number of carbonyl (C=O) groups excluding carboxylic acids is 1. The lowest BCUT2D eigenvalue weighted by Crippen LogP contribution is -2.39. The zero-order chi connectivity index (χ0) is 19.5. The van der Waals surface area contributed by atoms with E-state index in [9.17, 15) is 4.79 Å². The number of nitrogens with zero attached hydrogens (tertiary/aromatic N) is 4. The Bertz CT molecular complexity index is 832. The van der Waals surface area contributed by atoms with Gasteiger partial charge in [-0.1, -0.05) is 19.1 Å². The third kappa shape index (κ3) is 4.73. The maximum atomic E-state index is 12.8. The maximum Gasteiger partial charge on any atom is 0.223 e. The Morgan fingerprint density at radius 2 is 2.07 bits per heavy atom. The number of hydrogen-bond acceptors (Lipinski definition) is 5. The van der Waals surface area contributed by atoms with Gasteiger partial charge in [0, 0.05) is 38.5 Å². The van der Waals surface area contributed by atoms with Crippen LogP contribution in [0.3, 0.4) is 0 Å². The van der Waals surface area contributed by atoms with Crippen LogP contribution in [0.25, 0.3) is 0 Å². The van der Waals surface area contributed by atoms with Gasteiger partial charge in [0.25, 0.3) is 0 Å². The molecule has 0 bridgehead atoms. The molecule has 4 rings (SSSR count). The number of halogens is 1. The quantitative estimate of drug-likeness (QED) is 0.806. The van der Waals surface area contributed by atoms with Crippen LogP contribution in [0, 0.1) is 0 Å². The number of hydrogen-bond donors (Lipinski definition) is 1. The van der Waals surface area contributed by atoms with Crippen molar-refractivity contribution >= 4 is 18.3 Å². The first-order valence-corrected chi connectivity index (χ1v) is 10.2. The highest BCUT2D eigenvalue weighted by Gasteiger charge is 2.29. The van der Waals surface area contributed by atoms with Crippen molar-refractivity contribution in [2.45, 2.75) is 51.1 Å². The molecule has 2 aliphatic heterocycles. The van der Waals surface area contributed by atoms with Crippen molar-refractivity contribution in [2.24, 2.45) is 0 Å². The number of nitrogens with one attached hydrogen (secondary N) is 1. The van der Waals surface area contributed by atoms with Crippen molar-refractivity contribution in [1.29, 1.82) is 0 Å². The number of amides is 1. The van der Waals surface area contributed by atoms with Crippen molar-refractivity contribution in [2.75, 3.05) is 26.7 Å². The van der Waals surface area contributed by atoms with Crippen LogP contribution >= 0.6 is 12.4 Å². The second-order valence-corrected chi connectivity index (χ2v) is 7.84. The number of likely N-dealkylation sites (tertiary alicyclic amines) is 1. The van der Waals surface area contributed by atoms with Gasteiger partial charge in [0.05, 0.1) is 13.7 Å². The lowest BCUT2D eigenvalue weighted by molar-refractivity contribution is -0.132. The number of ether oxygens (including phenoxy) is 1. The highest BCUT2D eigenvalue weighted by atomic mass is 35.5. The molecule has 0 aliphatic carbocycles. The van der Waals surface area contributed by atoms with Gasteiger partial charge in [-0.05, 0) is 36.5 Å². The van der Waals surface area contributed by atoms with Crippen molar-refractivity contribution in [3.63, 3.8) is 0 Å². The van der Waals surface area contributed by atoms with Crippen LogP contribution in [-0.4, -0.2) is 52.3 Å². The number of fused-ring (bicyclic) bond motifs is 1. The number of rotatable bonds is 5. The van der Waals surface area contributed by atoms with Crippen molar-refractivity contribution in [1.82, 2.24) is 25.0 Å². The van der Waals surface area contributed by atoms with Gasteiger partial charge < -0.3 is 19.5 Å². The molecule has 2 aromatic rings. The van der Waals surface area contributed by atoms with Crippen molar-refractivity contribution in [3.8, 4) is 5.75 Å². The Hall–Kier alpha value is -2.12. The lowest BCUT2D eigenvalue weighted by Gasteiger charge is -2.32. The van der Waals surface area contributed by atoms with Gasteiger partial charge >= 0.3 is 0 Å². The molecule has 3 heterocycles. The molecule has 0 spiro atoms. The minimum absolute atomic E-state index is 0. The second-order valence-electron chi connectivity index (χ2n) is 7.84. The van der Waals surface area contributed by atoms with Crippen molar-refractivity contribution in [3.05, 3.63) is 41.5 Å². The molecule has 1 aromatic carbocycles. The van der Waals surface area contributed by atoms with Crippen LogP contribution in [0.4, 0.5) is 0 Å². The SMILES string of the molecule is COc1cccc(C(C)CC(=O)N2CCC(c3nnc4n3CCNC4)CC2)c1.Cl. The van der Waals surface area contributed by atoms with E-state index in [1.165, 1.54) is 0 Å². The molecule has 0 radical (unpaired) electrons. The van der Waals surface area contributed by atoms with Crippen LogP contribution in [-0.2, 0) is 17.9 Å². The Morgan fingerprint density at radius 3 is 2.83 bits per heavy atom. The molecule has 158 valence electrons. The zero-order valence-electron chi connectivity index (χ0n) is 17.1. The Kier molecular flexibility index (Phi) is 7.14. The fourth-order valence-electron chi connectivity index (χ4n) is 4.26. The molecule has 8 heteroatoms. The Morgan fingerprint density at radius 1 is 1.28 bits per heavy atom. The molecule has 1 saturated heterocycles. The second kappa shape index (κ2) is 9.59. The first kappa shape index (κ1) is 21.6. The minimum atomic E-state index is 0. The van der Waals surface area contributed by atoms with Crippen LogP contribution in [0.1, 0.15) is 55.2 Å². The van der Waals surface area contributed by atoms with E-state index in [0.29, 0.717) is 12.3 Å². The fourth-order valence-corrected chi connectivity index (χ4v) is 4.26. The van der Waals surface area contributed by atoms with Gasteiger partial charge in [-0.15, -0.1) is 22.6 Å². The van der Waals surface area contributed by atoms with E-state index in [2.05, 4.69) is 33.1 Å². The molecule has 1 atom stereocenters. The van der Waals surface area contributed by atoms with Gasteiger partial charge in [-0.2, -0.15) is 0 Å². The summed E-state index contributed by atoms with van der Waals surface area (Å²) in [5.41, 5.74) is 1.14. The molecule has 29 heavy (non-hydrogen) atoms. The molecule has 1 fully saturated rings. The third-order valence-electron chi connectivity index (χ3n) is 6.01. The number of piperidine rings is 1. The summed E-state index contributed by atoms with van der Waals surface area (Å²) >= 11 is 0. The minimum Gasteiger partial charge on any atom is -0.497 e. The molecule has 1 N–H and O–H groups in total. The normalized spacial score (nSPS) is 17.9. The molecule has 0 saturated carbocycles. The molecule has 1 unspecified atom stereocenters. The zero-order valence-corrected chi connectivity index (χ0v) is 18.0. The predicted octanol–water partition coefficient (Wildman–Crippen LogP) is 2.71. The van der Waals surface area contributed by atoms with Crippen LogP contribution in [0.5, 0.6) is 5.75 Å². The van der Waals surface area contributed by atoms with E-state index < -0.39 is 0 Å². The summed E-state index contributed by atoms with van der Waals surface area (Å²) in [7, 11) is 1.67. The third-order valence-corrected chi connectivity index (χ3v) is 6.01. The van der Waals surface area contributed by atoms with E-state index in [4.69, 9.17) is 4.74 Å². The molecule has 1 aromatic heterocycles. The average Bonchev–Trinajstić information content (AvgIpc) is 3.18. The summed E-state index contributed by atoms with van der Waals surface area (Å²) in [6, 6.07) is 8.00. The number of aromatic nitrogens is 3. The number of carbonyl (C=O) groups is 1. The molecule has 7 nitrogen and oxygen atoms in total. The fraction of sp³-hybridized carbons (Fsp3) is 0.571. The van der Waals surface area contributed by atoms with Crippen LogP contribution in [0.15, 0.2) is 24.3 Å². The first-order chi connectivity index (χ1) is 13.7. The summed E-state index contributed by atoms with van der Waals surface area (Å²) in [5.74, 6) is 3.79. The van der Waals surface area contributed by atoms with Crippen LogP contribution < -0.4 is 10.1 Å². The summed E-state index contributed by atoms with van der Waals surface area (Å²) in [6.07, 6.45) is 2.46. The summed E-state index contributed by atoms with van der Waals surface area (Å²) in [5, 5.41) is 12.1. The Labute approximate surface area is 178 Å². The summed E-state index contributed by atoms with van der Waals surface area (Å²) in [6.45, 7) is 6.42. The van der Waals surface area contributed by atoms with E-state index in [-0.39, 0.29) is 24.2 Å².